The van der Waals surface area contributed by atoms with Gasteiger partial charge < -0.3 is 24.8 Å². The zero-order chi connectivity index (χ0) is 27.8. The third-order valence-corrected chi connectivity index (χ3v) is 7.07. The molecule has 0 radical (unpaired) electrons. The molecule has 0 saturated carbocycles. The minimum absolute atomic E-state index is 0.111. The maximum atomic E-state index is 13.7. The number of urea groups is 1. The Bertz CT molecular complexity index is 1420. The van der Waals surface area contributed by atoms with Crippen molar-refractivity contribution in [2.24, 2.45) is 0 Å². The van der Waals surface area contributed by atoms with Gasteiger partial charge in [0, 0.05) is 48.9 Å². The minimum atomic E-state index is -0.448. The molecule has 0 unspecified atom stereocenters. The third-order valence-electron chi connectivity index (χ3n) is 6.52. The number of aromatic amines is 1. The number of nitrogens with one attached hydrogen (secondary N) is 2. The van der Waals surface area contributed by atoms with Crippen molar-refractivity contribution in [2.45, 2.75) is 19.9 Å². The predicted molar refractivity (Wildman–Crippen MR) is 158 cm³/mol. The number of hydrogen-bond acceptors (Lipinski definition) is 3. The summed E-state index contributed by atoms with van der Waals surface area (Å²) in [4.78, 5) is 33.4. The summed E-state index contributed by atoms with van der Waals surface area (Å²) in [6.45, 7) is 3.37. The Morgan fingerprint density at radius 2 is 1.74 bits per heavy atom. The van der Waals surface area contributed by atoms with Crippen molar-refractivity contribution in [2.75, 3.05) is 38.7 Å². The first-order chi connectivity index (χ1) is 18.8. The molecule has 1 heterocycles. The van der Waals surface area contributed by atoms with E-state index in [9.17, 15) is 9.59 Å². The lowest BCUT2D eigenvalue weighted by Gasteiger charge is -2.28. The van der Waals surface area contributed by atoms with Crippen LogP contribution in [-0.2, 0) is 22.5 Å². The van der Waals surface area contributed by atoms with E-state index in [-0.39, 0.29) is 25.6 Å². The fraction of sp³-hybridized carbons (Fsp3) is 0.267. The zero-order valence-corrected chi connectivity index (χ0v) is 23.6. The zero-order valence-electron chi connectivity index (χ0n) is 22.0. The second-order valence-electron chi connectivity index (χ2n) is 9.38. The molecule has 7 nitrogen and oxygen atoms in total. The van der Waals surface area contributed by atoms with Crippen molar-refractivity contribution in [1.82, 2.24) is 14.8 Å². The smallest absolute Gasteiger partial charge is 0.322 e. The van der Waals surface area contributed by atoms with Crippen LogP contribution in [0.2, 0.25) is 10.0 Å². The van der Waals surface area contributed by atoms with Crippen LogP contribution >= 0.6 is 23.2 Å². The van der Waals surface area contributed by atoms with Gasteiger partial charge in [0.15, 0.2) is 0 Å². The largest absolute Gasteiger partial charge is 0.383 e. The number of H-pyrrole nitrogens is 1. The lowest BCUT2D eigenvalue weighted by molar-refractivity contribution is -0.132. The highest BCUT2D eigenvalue weighted by Crippen LogP contribution is 2.26. The maximum absolute atomic E-state index is 13.7. The van der Waals surface area contributed by atoms with Crippen LogP contribution < -0.4 is 5.32 Å². The van der Waals surface area contributed by atoms with Crippen molar-refractivity contribution in [3.8, 4) is 0 Å². The second kappa shape index (κ2) is 13.5. The van der Waals surface area contributed by atoms with Gasteiger partial charge in [-0.3, -0.25) is 4.79 Å². The molecular formula is C30H32Cl2N4O3. The topological polar surface area (TPSA) is 77.7 Å². The van der Waals surface area contributed by atoms with E-state index >= 15 is 0 Å². The van der Waals surface area contributed by atoms with Gasteiger partial charge in [0.2, 0.25) is 5.91 Å². The number of hydrogen-bond donors (Lipinski definition) is 2. The number of halogens is 2. The van der Waals surface area contributed by atoms with Crippen molar-refractivity contribution in [1.29, 1.82) is 0 Å². The van der Waals surface area contributed by atoms with Gasteiger partial charge in [0.1, 0.15) is 6.54 Å². The van der Waals surface area contributed by atoms with E-state index in [0.29, 0.717) is 35.2 Å². The Morgan fingerprint density at radius 1 is 0.974 bits per heavy atom. The quantitative estimate of drug-likeness (QED) is 0.216. The molecular weight excluding hydrogens is 535 g/mol. The Labute approximate surface area is 238 Å². The molecule has 9 heteroatoms. The number of ether oxygens (including phenoxy) is 1. The van der Waals surface area contributed by atoms with E-state index in [1.54, 1.807) is 30.2 Å². The Balaban J connectivity index is 1.51. The van der Waals surface area contributed by atoms with Crippen molar-refractivity contribution < 1.29 is 14.3 Å². The van der Waals surface area contributed by atoms with E-state index in [2.05, 4.69) is 16.4 Å². The van der Waals surface area contributed by atoms with Crippen LogP contribution in [0.15, 0.2) is 72.9 Å². The van der Waals surface area contributed by atoms with Gasteiger partial charge in [-0.2, -0.15) is 0 Å². The molecule has 0 fully saturated rings. The summed E-state index contributed by atoms with van der Waals surface area (Å²) in [5, 5.41) is 4.70. The average Bonchev–Trinajstić information content (AvgIpc) is 3.34. The van der Waals surface area contributed by atoms with Gasteiger partial charge >= 0.3 is 6.03 Å². The highest BCUT2D eigenvalue weighted by molar-refractivity contribution is 6.36. The standard InChI is InChI=1S/C30H32Cl2N4O3/c1-21-7-9-22(10-8-21)19-35(14-13-23-18-33-27-6-4-3-5-25(23)27)29(37)20-36(15-16-39-2)30(38)34-28-12-11-24(31)17-26(28)32/h3-12,17-18,33H,13-16,19-20H2,1-2H3,(H,34,38). The number of carbonyl (C=O) groups excluding carboxylic acids is 2. The Morgan fingerprint density at radius 3 is 2.49 bits per heavy atom. The second-order valence-corrected chi connectivity index (χ2v) is 10.2. The molecule has 2 N–H and O–H groups in total. The molecule has 1 aromatic heterocycles. The molecule has 4 rings (SSSR count). The summed E-state index contributed by atoms with van der Waals surface area (Å²) in [7, 11) is 1.55. The van der Waals surface area contributed by atoms with Crippen molar-refractivity contribution >= 4 is 51.7 Å². The molecule has 3 amide bonds. The fourth-order valence-electron chi connectivity index (χ4n) is 4.30. The van der Waals surface area contributed by atoms with Gasteiger partial charge in [-0.15, -0.1) is 0 Å². The molecule has 204 valence electrons. The molecule has 0 aliphatic carbocycles. The number of aromatic nitrogens is 1. The van der Waals surface area contributed by atoms with Gasteiger partial charge in [0.25, 0.3) is 0 Å². The summed E-state index contributed by atoms with van der Waals surface area (Å²) in [5.41, 5.74) is 4.79. The Kier molecular flexibility index (Phi) is 9.87. The SMILES string of the molecule is COCCN(CC(=O)N(CCc1c[nH]c2ccccc12)Cc1ccc(C)cc1)C(=O)Nc1ccc(Cl)cc1Cl. The molecule has 0 bridgehead atoms. The number of rotatable bonds is 11. The lowest BCUT2D eigenvalue weighted by Crippen LogP contribution is -2.46. The number of carbonyl (C=O) groups is 2. The molecule has 39 heavy (non-hydrogen) atoms. The average molecular weight is 568 g/mol. The Hall–Kier alpha value is -3.52. The van der Waals surface area contributed by atoms with Crippen LogP contribution in [0, 0.1) is 6.92 Å². The number of methoxy groups -OCH3 is 1. The first-order valence-corrected chi connectivity index (χ1v) is 13.5. The molecule has 4 aromatic rings. The van der Waals surface area contributed by atoms with E-state index < -0.39 is 6.03 Å². The fourth-order valence-corrected chi connectivity index (χ4v) is 4.76. The molecule has 0 aliphatic heterocycles. The van der Waals surface area contributed by atoms with Crippen LogP contribution in [0.3, 0.4) is 0 Å². The molecule has 3 aromatic carbocycles. The number of fused-ring (bicyclic) bond motifs is 1. The molecule has 0 spiro atoms. The third kappa shape index (κ3) is 7.76. The number of benzene rings is 3. The maximum Gasteiger partial charge on any atom is 0.322 e. The highest BCUT2D eigenvalue weighted by atomic mass is 35.5. The van der Waals surface area contributed by atoms with E-state index in [4.69, 9.17) is 27.9 Å². The van der Waals surface area contributed by atoms with Crippen LogP contribution in [0.4, 0.5) is 10.5 Å². The number of anilines is 1. The van der Waals surface area contributed by atoms with Crippen LogP contribution in [0.5, 0.6) is 0 Å². The predicted octanol–water partition coefficient (Wildman–Crippen LogP) is 6.53. The number of aryl methyl sites for hydroxylation is 1. The van der Waals surface area contributed by atoms with E-state index in [0.717, 1.165) is 27.6 Å². The van der Waals surface area contributed by atoms with Gasteiger partial charge in [0.05, 0.1) is 17.3 Å². The summed E-state index contributed by atoms with van der Waals surface area (Å²) in [6.07, 6.45) is 2.67. The first kappa shape index (κ1) is 28.5. The number of nitrogens with zero attached hydrogens (tertiary/aromatic N) is 2. The molecule has 0 aliphatic rings. The van der Waals surface area contributed by atoms with Crippen LogP contribution in [0.25, 0.3) is 10.9 Å². The van der Waals surface area contributed by atoms with Crippen molar-refractivity contribution in [3.05, 3.63) is 99.7 Å². The van der Waals surface area contributed by atoms with Gasteiger partial charge in [-0.05, 0) is 48.7 Å². The van der Waals surface area contributed by atoms with Crippen LogP contribution in [0.1, 0.15) is 16.7 Å². The lowest BCUT2D eigenvalue weighted by atomic mass is 10.1. The molecule has 0 saturated heterocycles. The van der Waals surface area contributed by atoms with Crippen LogP contribution in [-0.4, -0.2) is 60.1 Å². The van der Waals surface area contributed by atoms with Gasteiger partial charge in [-0.25, -0.2) is 4.79 Å². The minimum Gasteiger partial charge on any atom is -0.383 e. The summed E-state index contributed by atoms with van der Waals surface area (Å²) in [5.74, 6) is -0.163. The molecule has 0 atom stereocenters. The van der Waals surface area contributed by atoms with Gasteiger partial charge in [-0.1, -0.05) is 71.2 Å². The van der Waals surface area contributed by atoms with E-state index in [1.807, 2.05) is 55.6 Å². The van der Waals surface area contributed by atoms with Crippen molar-refractivity contribution in [3.63, 3.8) is 0 Å². The number of para-hydroxylation sites is 1. The normalized spacial score (nSPS) is 11.0. The van der Waals surface area contributed by atoms with E-state index in [1.165, 1.54) is 4.90 Å². The summed E-state index contributed by atoms with van der Waals surface area (Å²) >= 11 is 12.2. The first-order valence-electron chi connectivity index (χ1n) is 12.7. The highest BCUT2D eigenvalue weighted by Gasteiger charge is 2.23. The summed E-state index contributed by atoms with van der Waals surface area (Å²) in [6, 6.07) is 20.6. The monoisotopic (exact) mass is 566 g/mol. The summed E-state index contributed by atoms with van der Waals surface area (Å²) < 4.78 is 5.20. The number of amides is 3.